The fourth-order valence-corrected chi connectivity index (χ4v) is 1.98. The summed E-state index contributed by atoms with van der Waals surface area (Å²) in [4.78, 5) is 6.63. The highest BCUT2D eigenvalue weighted by Crippen LogP contribution is 2.28. The standard InChI is InChI=1S/C11H19N3O2/c1-8(2)14-5-6-15-11(4,7-14)10-12-9(3)13-16-10/h8H,5-7H2,1-4H3/t11-/m1/s1. The number of aromatic nitrogens is 2. The fraction of sp³-hybridized carbons (Fsp3) is 0.818. The van der Waals surface area contributed by atoms with Gasteiger partial charge >= 0.3 is 0 Å². The van der Waals surface area contributed by atoms with E-state index in [1.54, 1.807) is 0 Å². The van der Waals surface area contributed by atoms with Crippen molar-refractivity contribution >= 4 is 0 Å². The van der Waals surface area contributed by atoms with Gasteiger partial charge in [-0.05, 0) is 27.7 Å². The summed E-state index contributed by atoms with van der Waals surface area (Å²) in [5.74, 6) is 1.23. The van der Waals surface area contributed by atoms with Crippen LogP contribution in [0.2, 0.25) is 0 Å². The molecule has 1 fully saturated rings. The smallest absolute Gasteiger partial charge is 0.259 e. The summed E-state index contributed by atoms with van der Waals surface area (Å²) < 4.78 is 11.0. The largest absolute Gasteiger partial charge is 0.363 e. The van der Waals surface area contributed by atoms with Gasteiger partial charge in [0.1, 0.15) is 0 Å². The normalized spacial score (nSPS) is 27.6. The quantitative estimate of drug-likeness (QED) is 0.760. The number of hydrogen-bond donors (Lipinski definition) is 0. The van der Waals surface area contributed by atoms with Gasteiger partial charge in [0.05, 0.1) is 6.61 Å². The van der Waals surface area contributed by atoms with Crippen LogP contribution in [0.15, 0.2) is 4.52 Å². The summed E-state index contributed by atoms with van der Waals surface area (Å²) in [7, 11) is 0. The lowest BCUT2D eigenvalue weighted by molar-refractivity contribution is -0.125. The van der Waals surface area contributed by atoms with Gasteiger partial charge in [0.15, 0.2) is 11.4 Å². The van der Waals surface area contributed by atoms with Gasteiger partial charge in [0.25, 0.3) is 5.89 Å². The molecule has 5 nitrogen and oxygen atoms in total. The topological polar surface area (TPSA) is 51.4 Å². The van der Waals surface area contributed by atoms with Crippen molar-refractivity contribution in [1.82, 2.24) is 15.0 Å². The van der Waals surface area contributed by atoms with Gasteiger partial charge in [0, 0.05) is 19.1 Å². The molecule has 1 saturated heterocycles. The predicted octanol–water partition coefficient (Wildman–Crippen LogP) is 1.33. The number of nitrogens with zero attached hydrogens (tertiary/aromatic N) is 3. The minimum absolute atomic E-state index is 0.468. The molecule has 16 heavy (non-hydrogen) atoms. The highest BCUT2D eigenvalue weighted by atomic mass is 16.5. The van der Waals surface area contributed by atoms with Crippen LogP contribution in [0.4, 0.5) is 0 Å². The Morgan fingerprint density at radius 2 is 2.19 bits per heavy atom. The average molecular weight is 225 g/mol. The van der Waals surface area contributed by atoms with Crippen molar-refractivity contribution in [2.45, 2.75) is 39.3 Å². The van der Waals surface area contributed by atoms with E-state index < -0.39 is 5.60 Å². The molecular formula is C11H19N3O2. The predicted molar refractivity (Wildman–Crippen MR) is 59.0 cm³/mol. The number of rotatable bonds is 2. The molecule has 1 aliphatic heterocycles. The van der Waals surface area contributed by atoms with Gasteiger partial charge in [-0.2, -0.15) is 4.98 Å². The highest BCUT2D eigenvalue weighted by molar-refractivity contribution is 5.00. The first-order chi connectivity index (χ1) is 7.51. The first-order valence-corrected chi connectivity index (χ1v) is 5.70. The van der Waals surface area contributed by atoms with Crippen LogP contribution in [0, 0.1) is 6.92 Å². The van der Waals surface area contributed by atoms with E-state index in [0.717, 1.165) is 13.1 Å². The number of hydrogen-bond acceptors (Lipinski definition) is 5. The van der Waals surface area contributed by atoms with E-state index in [2.05, 4.69) is 28.9 Å². The van der Waals surface area contributed by atoms with Crippen molar-refractivity contribution in [2.75, 3.05) is 19.7 Å². The highest BCUT2D eigenvalue weighted by Gasteiger charge is 2.39. The molecule has 0 radical (unpaired) electrons. The fourth-order valence-electron chi connectivity index (χ4n) is 1.98. The van der Waals surface area contributed by atoms with E-state index in [4.69, 9.17) is 9.26 Å². The van der Waals surface area contributed by atoms with Crippen LogP contribution in [0.1, 0.15) is 32.5 Å². The molecule has 2 heterocycles. The van der Waals surface area contributed by atoms with Crippen LogP contribution in [0.25, 0.3) is 0 Å². The van der Waals surface area contributed by atoms with Crippen LogP contribution < -0.4 is 0 Å². The third-order valence-electron chi connectivity index (χ3n) is 3.01. The Morgan fingerprint density at radius 3 is 2.75 bits per heavy atom. The summed E-state index contributed by atoms with van der Waals surface area (Å²) >= 11 is 0. The number of ether oxygens (including phenoxy) is 1. The summed E-state index contributed by atoms with van der Waals surface area (Å²) in [6.45, 7) is 10.7. The Labute approximate surface area is 95.8 Å². The van der Waals surface area contributed by atoms with Gasteiger partial charge in [-0.25, -0.2) is 0 Å². The van der Waals surface area contributed by atoms with Gasteiger partial charge in [0.2, 0.25) is 0 Å². The van der Waals surface area contributed by atoms with E-state index in [-0.39, 0.29) is 0 Å². The third-order valence-corrected chi connectivity index (χ3v) is 3.01. The van der Waals surface area contributed by atoms with Gasteiger partial charge in [-0.15, -0.1) is 0 Å². The van der Waals surface area contributed by atoms with Gasteiger partial charge in [-0.1, -0.05) is 5.16 Å². The van der Waals surface area contributed by atoms with Crippen LogP contribution in [-0.4, -0.2) is 40.8 Å². The molecule has 5 heteroatoms. The molecule has 1 atom stereocenters. The Bertz CT molecular complexity index is 364. The minimum atomic E-state index is -0.468. The lowest BCUT2D eigenvalue weighted by Gasteiger charge is -2.40. The second-order valence-corrected chi connectivity index (χ2v) is 4.79. The lowest BCUT2D eigenvalue weighted by atomic mass is 10.0. The van der Waals surface area contributed by atoms with E-state index in [0.29, 0.717) is 24.4 Å². The second kappa shape index (κ2) is 4.14. The maximum Gasteiger partial charge on any atom is 0.259 e. The average Bonchev–Trinajstić information content (AvgIpc) is 2.65. The molecule has 0 aliphatic carbocycles. The van der Waals surface area contributed by atoms with Crippen molar-refractivity contribution in [2.24, 2.45) is 0 Å². The molecule has 0 unspecified atom stereocenters. The molecule has 90 valence electrons. The van der Waals surface area contributed by atoms with Crippen molar-refractivity contribution in [3.05, 3.63) is 11.7 Å². The molecule has 1 aliphatic rings. The Kier molecular flexibility index (Phi) is 2.99. The molecule has 0 bridgehead atoms. The molecule has 1 aromatic heterocycles. The SMILES string of the molecule is Cc1noc([C@@]2(C)CN(C(C)C)CCO2)n1. The van der Waals surface area contributed by atoms with Crippen molar-refractivity contribution in [3.8, 4) is 0 Å². The molecule has 2 rings (SSSR count). The Morgan fingerprint density at radius 1 is 1.44 bits per heavy atom. The molecule has 1 aromatic rings. The maximum absolute atomic E-state index is 5.81. The first kappa shape index (κ1) is 11.5. The third kappa shape index (κ3) is 2.10. The summed E-state index contributed by atoms with van der Waals surface area (Å²) in [5.41, 5.74) is -0.468. The lowest BCUT2D eigenvalue weighted by Crippen LogP contribution is -2.50. The van der Waals surface area contributed by atoms with E-state index >= 15 is 0 Å². The molecule has 0 saturated carbocycles. The summed E-state index contributed by atoms with van der Waals surface area (Å²) in [6.07, 6.45) is 0. The van der Waals surface area contributed by atoms with Gasteiger partial charge < -0.3 is 9.26 Å². The first-order valence-electron chi connectivity index (χ1n) is 5.70. The maximum atomic E-state index is 5.81. The van der Waals surface area contributed by atoms with Crippen LogP contribution in [-0.2, 0) is 10.3 Å². The van der Waals surface area contributed by atoms with Gasteiger partial charge in [-0.3, -0.25) is 4.90 Å². The summed E-state index contributed by atoms with van der Waals surface area (Å²) in [6, 6.07) is 0.507. The minimum Gasteiger partial charge on any atom is -0.363 e. The van der Waals surface area contributed by atoms with E-state index in [1.165, 1.54) is 0 Å². The van der Waals surface area contributed by atoms with Crippen molar-refractivity contribution in [1.29, 1.82) is 0 Å². The molecular weight excluding hydrogens is 206 g/mol. The van der Waals surface area contributed by atoms with E-state index in [9.17, 15) is 0 Å². The monoisotopic (exact) mass is 225 g/mol. The molecule has 0 amide bonds. The van der Waals surface area contributed by atoms with Crippen LogP contribution in [0.5, 0.6) is 0 Å². The molecule has 0 aromatic carbocycles. The van der Waals surface area contributed by atoms with E-state index in [1.807, 2.05) is 13.8 Å². The van der Waals surface area contributed by atoms with Crippen LogP contribution >= 0.6 is 0 Å². The zero-order valence-electron chi connectivity index (χ0n) is 10.4. The Hall–Kier alpha value is -0.940. The molecule has 0 N–H and O–H groups in total. The summed E-state index contributed by atoms with van der Waals surface area (Å²) in [5, 5.41) is 3.82. The van der Waals surface area contributed by atoms with Crippen LogP contribution in [0.3, 0.4) is 0 Å². The second-order valence-electron chi connectivity index (χ2n) is 4.79. The number of aryl methyl sites for hydroxylation is 1. The van der Waals surface area contributed by atoms with Crippen molar-refractivity contribution < 1.29 is 9.26 Å². The number of morpholine rings is 1. The molecule has 0 spiro atoms. The zero-order valence-corrected chi connectivity index (χ0v) is 10.4. The zero-order chi connectivity index (χ0) is 11.8. The Balaban J connectivity index is 2.18. The van der Waals surface area contributed by atoms with Crippen molar-refractivity contribution in [3.63, 3.8) is 0 Å².